The molecule has 0 aromatic heterocycles. The summed E-state index contributed by atoms with van der Waals surface area (Å²) < 4.78 is 50.3. The molecule has 0 heterocycles. The average Bonchev–Trinajstić information content (AvgIpc) is 2.56. The first-order valence-corrected chi connectivity index (χ1v) is 8.36. The normalized spacial score (nSPS) is 12.8. The predicted molar refractivity (Wildman–Crippen MR) is 84.3 cm³/mol. The molecule has 0 radical (unpaired) electrons. The Morgan fingerprint density at radius 3 is 2.43 bits per heavy atom. The molecule has 0 bridgehead atoms. The van der Waals surface area contributed by atoms with Gasteiger partial charge in [-0.25, -0.2) is 17.5 Å². The number of rotatable bonds is 7. The van der Waals surface area contributed by atoms with Crippen LogP contribution in [0.3, 0.4) is 0 Å². The van der Waals surface area contributed by atoms with E-state index in [1.807, 2.05) is 6.07 Å². The van der Waals surface area contributed by atoms with Gasteiger partial charge >= 0.3 is 0 Å². The maximum absolute atomic E-state index is 12.9. The van der Waals surface area contributed by atoms with E-state index in [9.17, 15) is 12.8 Å². The molecule has 5 nitrogen and oxygen atoms in total. The SMILES string of the molecule is COc1cccc(C(CNS(=O)(=O)c2ccc(F)cc2)OC)c1. The van der Waals surface area contributed by atoms with Crippen LogP contribution in [0.15, 0.2) is 53.4 Å². The number of halogens is 1. The minimum atomic E-state index is -3.73. The van der Waals surface area contributed by atoms with E-state index < -0.39 is 21.9 Å². The van der Waals surface area contributed by atoms with Crippen molar-refractivity contribution in [3.05, 3.63) is 59.9 Å². The van der Waals surface area contributed by atoms with Crippen molar-refractivity contribution >= 4 is 10.0 Å². The molecule has 7 heteroatoms. The second-order valence-electron chi connectivity index (χ2n) is 4.81. The highest BCUT2D eigenvalue weighted by molar-refractivity contribution is 7.89. The van der Waals surface area contributed by atoms with Gasteiger partial charge in [-0.1, -0.05) is 12.1 Å². The highest BCUT2D eigenvalue weighted by atomic mass is 32.2. The fourth-order valence-electron chi connectivity index (χ4n) is 2.06. The van der Waals surface area contributed by atoms with E-state index >= 15 is 0 Å². The maximum atomic E-state index is 12.9. The number of benzene rings is 2. The summed E-state index contributed by atoms with van der Waals surface area (Å²) in [5.74, 6) is 0.168. The first kappa shape index (κ1) is 17.4. The molecular weight excluding hydrogens is 321 g/mol. The van der Waals surface area contributed by atoms with E-state index in [0.29, 0.717) is 5.75 Å². The van der Waals surface area contributed by atoms with E-state index in [4.69, 9.17) is 9.47 Å². The van der Waals surface area contributed by atoms with Crippen molar-refractivity contribution in [1.82, 2.24) is 4.72 Å². The van der Waals surface area contributed by atoms with Crippen LogP contribution in [0.1, 0.15) is 11.7 Å². The summed E-state index contributed by atoms with van der Waals surface area (Å²) in [6.07, 6.45) is -0.472. The summed E-state index contributed by atoms with van der Waals surface area (Å²) in [5, 5.41) is 0. The second-order valence-corrected chi connectivity index (χ2v) is 6.57. The van der Waals surface area contributed by atoms with Crippen LogP contribution >= 0.6 is 0 Å². The Morgan fingerprint density at radius 2 is 1.83 bits per heavy atom. The monoisotopic (exact) mass is 339 g/mol. The third kappa shape index (κ3) is 4.51. The summed E-state index contributed by atoms with van der Waals surface area (Å²) in [6, 6.07) is 11.8. The van der Waals surface area contributed by atoms with E-state index in [2.05, 4.69) is 4.72 Å². The van der Waals surface area contributed by atoms with E-state index in [1.54, 1.807) is 25.3 Å². The van der Waals surface area contributed by atoms with Crippen LogP contribution in [0.25, 0.3) is 0 Å². The zero-order valence-corrected chi connectivity index (χ0v) is 13.6. The maximum Gasteiger partial charge on any atom is 0.240 e. The zero-order chi connectivity index (χ0) is 16.9. The standard InChI is InChI=1S/C16H18FNO4S/c1-21-14-5-3-4-12(10-14)16(22-2)11-18-23(19,20)15-8-6-13(17)7-9-15/h3-10,16,18H,11H2,1-2H3. The molecule has 0 spiro atoms. The number of sulfonamides is 1. The lowest BCUT2D eigenvalue weighted by atomic mass is 10.1. The summed E-state index contributed by atoms with van der Waals surface area (Å²) in [5.41, 5.74) is 0.786. The van der Waals surface area contributed by atoms with Crippen LogP contribution in [0.2, 0.25) is 0 Å². The first-order valence-electron chi connectivity index (χ1n) is 6.88. The van der Waals surface area contributed by atoms with Gasteiger partial charge in [0.15, 0.2) is 0 Å². The lowest BCUT2D eigenvalue weighted by Gasteiger charge is -2.17. The molecule has 23 heavy (non-hydrogen) atoms. The number of methoxy groups -OCH3 is 2. The first-order chi connectivity index (χ1) is 11.0. The molecule has 1 unspecified atom stereocenters. The smallest absolute Gasteiger partial charge is 0.240 e. The highest BCUT2D eigenvalue weighted by Gasteiger charge is 2.18. The number of ether oxygens (including phenoxy) is 2. The second kappa shape index (κ2) is 7.54. The van der Waals surface area contributed by atoms with Crippen molar-refractivity contribution < 1.29 is 22.3 Å². The van der Waals surface area contributed by atoms with Crippen molar-refractivity contribution in [2.24, 2.45) is 0 Å². The summed E-state index contributed by atoms with van der Waals surface area (Å²) >= 11 is 0. The van der Waals surface area contributed by atoms with Crippen LogP contribution in [-0.2, 0) is 14.8 Å². The third-order valence-corrected chi connectivity index (χ3v) is 4.77. The van der Waals surface area contributed by atoms with Gasteiger partial charge < -0.3 is 9.47 Å². The van der Waals surface area contributed by atoms with Crippen LogP contribution in [0.4, 0.5) is 4.39 Å². The molecule has 0 saturated carbocycles. The molecule has 1 N–H and O–H groups in total. The largest absolute Gasteiger partial charge is 0.497 e. The summed E-state index contributed by atoms with van der Waals surface area (Å²) in [6.45, 7) is 0.0450. The molecule has 2 rings (SSSR count). The Bertz CT molecular complexity index is 747. The van der Waals surface area contributed by atoms with Gasteiger partial charge in [0.1, 0.15) is 11.6 Å². The Labute approximate surface area is 135 Å². The molecule has 0 aliphatic carbocycles. The minimum absolute atomic E-state index is 0.000560. The average molecular weight is 339 g/mol. The van der Waals surface area contributed by atoms with E-state index in [1.165, 1.54) is 19.2 Å². The fourth-order valence-corrected chi connectivity index (χ4v) is 3.09. The topological polar surface area (TPSA) is 64.6 Å². The van der Waals surface area contributed by atoms with Crippen LogP contribution < -0.4 is 9.46 Å². The van der Waals surface area contributed by atoms with Gasteiger partial charge in [0.2, 0.25) is 10.0 Å². The van der Waals surface area contributed by atoms with E-state index in [0.717, 1.165) is 17.7 Å². The third-order valence-electron chi connectivity index (χ3n) is 3.33. The molecule has 2 aromatic rings. The van der Waals surface area contributed by atoms with Crippen molar-refractivity contribution in [3.63, 3.8) is 0 Å². The number of nitrogens with one attached hydrogen (secondary N) is 1. The molecular formula is C16H18FNO4S. The Balaban J connectivity index is 2.11. The van der Waals surface area contributed by atoms with Crippen molar-refractivity contribution in [2.75, 3.05) is 20.8 Å². The zero-order valence-electron chi connectivity index (χ0n) is 12.8. The molecule has 0 aliphatic heterocycles. The van der Waals surface area contributed by atoms with Gasteiger partial charge in [0.05, 0.1) is 18.1 Å². The van der Waals surface area contributed by atoms with Gasteiger partial charge in [-0.05, 0) is 42.0 Å². The Kier molecular flexibility index (Phi) is 5.70. The molecule has 0 saturated heterocycles. The van der Waals surface area contributed by atoms with E-state index in [-0.39, 0.29) is 11.4 Å². The van der Waals surface area contributed by atoms with Gasteiger partial charge in [-0.15, -0.1) is 0 Å². The molecule has 124 valence electrons. The Morgan fingerprint density at radius 1 is 1.13 bits per heavy atom. The lowest BCUT2D eigenvalue weighted by molar-refractivity contribution is 0.107. The number of hydrogen-bond donors (Lipinski definition) is 1. The predicted octanol–water partition coefficient (Wildman–Crippen LogP) is 2.50. The summed E-state index contributed by atoms with van der Waals surface area (Å²) in [4.78, 5) is -0.000560. The van der Waals surface area contributed by atoms with Crippen molar-refractivity contribution in [3.8, 4) is 5.75 Å². The molecule has 0 amide bonds. The number of hydrogen-bond acceptors (Lipinski definition) is 4. The van der Waals surface area contributed by atoms with Crippen LogP contribution in [0, 0.1) is 5.82 Å². The van der Waals surface area contributed by atoms with Gasteiger partial charge in [0.25, 0.3) is 0 Å². The van der Waals surface area contributed by atoms with Crippen LogP contribution in [0.5, 0.6) is 5.75 Å². The lowest BCUT2D eigenvalue weighted by Crippen LogP contribution is -2.29. The summed E-state index contributed by atoms with van der Waals surface area (Å²) in [7, 11) is -0.684. The van der Waals surface area contributed by atoms with Crippen molar-refractivity contribution in [2.45, 2.75) is 11.0 Å². The Hall–Kier alpha value is -1.96. The molecule has 1 atom stereocenters. The quantitative estimate of drug-likeness (QED) is 0.842. The molecule has 2 aromatic carbocycles. The van der Waals surface area contributed by atoms with Gasteiger partial charge in [0, 0.05) is 13.7 Å². The fraction of sp³-hybridized carbons (Fsp3) is 0.250. The minimum Gasteiger partial charge on any atom is -0.497 e. The highest BCUT2D eigenvalue weighted by Crippen LogP contribution is 2.21. The van der Waals surface area contributed by atoms with Crippen molar-refractivity contribution in [1.29, 1.82) is 0 Å². The van der Waals surface area contributed by atoms with Crippen LogP contribution in [-0.4, -0.2) is 29.2 Å². The molecule has 0 aliphatic rings. The molecule has 0 fully saturated rings. The van der Waals surface area contributed by atoms with Gasteiger partial charge in [-0.2, -0.15) is 0 Å². The van der Waals surface area contributed by atoms with Gasteiger partial charge in [-0.3, -0.25) is 0 Å².